The molecule has 1 aliphatic rings. The van der Waals surface area contributed by atoms with E-state index in [2.05, 4.69) is 4.90 Å². The van der Waals surface area contributed by atoms with Crippen molar-refractivity contribution in [2.24, 2.45) is 11.1 Å². The zero-order valence-electron chi connectivity index (χ0n) is 10.5. The summed E-state index contributed by atoms with van der Waals surface area (Å²) in [5.41, 5.74) is 7.14. The molecule has 0 aliphatic heterocycles. The third-order valence-corrected chi connectivity index (χ3v) is 4.07. The molecular weight excluding hydrogens is 215 g/mol. The molecule has 1 fully saturated rings. The fraction of sp³-hybridized carbons (Fsp3) is 0.571. The van der Waals surface area contributed by atoms with Crippen LogP contribution in [-0.4, -0.2) is 20.1 Å². The van der Waals surface area contributed by atoms with Crippen molar-refractivity contribution in [2.75, 3.05) is 25.0 Å². The molecule has 0 amide bonds. The Balaban J connectivity index is 1.91. The van der Waals surface area contributed by atoms with E-state index >= 15 is 0 Å². The van der Waals surface area contributed by atoms with E-state index in [4.69, 9.17) is 5.73 Å². The fourth-order valence-corrected chi connectivity index (χ4v) is 2.48. The maximum absolute atomic E-state index is 13.1. The van der Waals surface area contributed by atoms with Crippen LogP contribution in [0.3, 0.4) is 0 Å². The van der Waals surface area contributed by atoms with Crippen molar-refractivity contribution in [3.05, 3.63) is 30.1 Å². The maximum atomic E-state index is 13.1. The van der Waals surface area contributed by atoms with Crippen LogP contribution in [-0.2, 0) is 0 Å². The van der Waals surface area contributed by atoms with Crippen molar-refractivity contribution >= 4 is 5.69 Å². The van der Waals surface area contributed by atoms with Gasteiger partial charge in [0.1, 0.15) is 5.82 Å². The summed E-state index contributed by atoms with van der Waals surface area (Å²) < 4.78 is 13.1. The van der Waals surface area contributed by atoms with Crippen LogP contribution >= 0.6 is 0 Å². The minimum Gasteiger partial charge on any atom is -0.374 e. The highest BCUT2D eigenvalue weighted by Crippen LogP contribution is 2.43. The molecule has 1 saturated carbocycles. The van der Waals surface area contributed by atoms with Gasteiger partial charge in [-0.25, -0.2) is 4.39 Å². The van der Waals surface area contributed by atoms with Crippen LogP contribution in [0.4, 0.5) is 10.1 Å². The van der Waals surface area contributed by atoms with Crippen LogP contribution in [0.1, 0.15) is 25.7 Å². The number of hydrogen-bond donors (Lipinski definition) is 1. The molecule has 1 aliphatic carbocycles. The first-order valence-corrected chi connectivity index (χ1v) is 6.32. The smallest absolute Gasteiger partial charge is 0.125 e. The van der Waals surface area contributed by atoms with Crippen LogP contribution in [0.2, 0.25) is 0 Å². The highest BCUT2D eigenvalue weighted by atomic mass is 19.1. The second-order valence-electron chi connectivity index (χ2n) is 5.21. The number of nitrogens with zero attached hydrogens (tertiary/aromatic N) is 1. The second-order valence-corrected chi connectivity index (χ2v) is 5.21. The van der Waals surface area contributed by atoms with Crippen LogP contribution in [0, 0.1) is 11.2 Å². The number of anilines is 1. The first kappa shape index (κ1) is 12.4. The van der Waals surface area contributed by atoms with Gasteiger partial charge in [-0.2, -0.15) is 0 Å². The Morgan fingerprint density at radius 1 is 1.41 bits per heavy atom. The summed E-state index contributed by atoms with van der Waals surface area (Å²) in [4.78, 5) is 2.11. The lowest BCUT2D eigenvalue weighted by Crippen LogP contribution is -2.40. The molecule has 0 unspecified atom stereocenters. The number of benzene rings is 1. The SMILES string of the molecule is CN(CCC1(CN)CCC1)c1cccc(F)c1. The van der Waals surface area contributed by atoms with Crippen LogP contribution < -0.4 is 10.6 Å². The van der Waals surface area contributed by atoms with Gasteiger partial charge in [-0.1, -0.05) is 12.5 Å². The molecule has 3 heteroatoms. The predicted molar refractivity (Wildman–Crippen MR) is 69.6 cm³/mol. The first-order chi connectivity index (χ1) is 8.15. The molecule has 2 N–H and O–H groups in total. The first-order valence-electron chi connectivity index (χ1n) is 6.32. The zero-order chi connectivity index (χ0) is 12.3. The zero-order valence-corrected chi connectivity index (χ0v) is 10.5. The third-order valence-electron chi connectivity index (χ3n) is 4.07. The van der Waals surface area contributed by atoms with Crippen molar-refractivity contribution in [3.63, 3.8) is 0 Å². The lowest BCUT2D eigenvalue weighted by atomic mass is 9.66. The minimum absolute atomic E-state index is 0.175. The van der Waals surface area contributed by atoms with Gasteiger partial charge < -0.3 is 10.6 Å². The van der Waals surface area contributed by atoms with E-state index in [1.807, 2.05) is 13.1 Å². The van der Waals surface area contributed by atoms with Gasteiger partial charge in [-0.15, -0.1) is 0 Å². The summed E-state index contributed by atoms with van der Waals surface area (Å²) in [6.45, 7) is 1.73. The van der Waals surface area contributed by atoms with Crippen LogP contribution in [0.15, 0.2) is 24.3 Å². The van der Waals surface area contributed by atoms with Crippen LogP contribution in [0.5, 0.6) is 0 Å². The largest absolute Gasteiger partial charge is 0.374 e. The Morgan fingerprint density at radius 3 is 2.71 bits per heavy atom. The minimum atomic E-state index is -0.175. The second kappa shape index (κ2) is 5.05. The van der Waals surface area contributed by atoms with Gasteiger partial charge in [0.05, 0.1) is 0 Å². The summed E-state index contributed by atoms with van der Waals surface area (Å²) in [7, 11) is 2.01. The Bertz CT molecular complexity index is 369. The molecule has 0 spiro atoms. The summed E-state index contributed by atoms with van der Waals surface area (Å²) in [6, 6.07) is 6.75. The van der Waals surface area contributed by atoms with Gasteiger partial charge in [-0.05, 0) is 49.4 Å². The summed E-state index contributed by atoms with van der Waals surface area (Å²) in [5.74, 6) is -0.175. The molecule has 0 bridgehead atoms. The van der Waals surface area contributed by atoms with E-state index in [-0.39, 0.29) is 5.82 Å². The Hall–Kier alpha value is -1.09. The summed E-state index contributed by atoms with van der Waals surface area (Å²) in [6.07, 6.45) is 4.92. The standard InChI is InChI=1S/C14H21FN2/c1-17(13-5-2-4-12(15)10-13)9-8-14(11-16)6-3-7-14/h2,4-5,10H,3,6-9,11,16H2,1H3. The average Bonchev–Trinajstić information content (AvgIpc) is 2.28. The molecule has 0 saturated heterocycles. The van der Waals surface area contributed by atoms with Gasteiger partial charge >= 0.3 is 0 Å². The molecule has 0 atom stereocenters. The van der Waals surface area contributed by atoms with Gasteiger partial charge in [0.15, 0.2) is 0 Å². The molecule has 0 radical (unpaired) electrons. The van der Waals surface area contributed by atoms with Crippen molar-refractivity contribution in [1.82, 2.24) is 0 Å². The third kappa shape index (κ3) is 2.78. The van der Waals surface area contributed by atoms with E-state index in [9.17, 15) is 4.39 Å². The molecule has 2 nitrogen and oxygen atoms in total. The summed E-state index contributed by atoms with van der Waals surface area (Å²) >= 11 is 0. The lowest BCUT2D eigenvalue weighted by Gasteiger charge is -2.42. The van der Waals surface area contributed by atoms with Crippen molar-refractivity contribution in [1.29, 1.82) is 0 Å². The molecule has 1 aromatic carbocycles. The molecule has 94 valence electrons. The van der Waals surface area contributed by atoms with Gasteiger partial charge in [-0.3, -0.25) is 0 Å². The van der Waals surface area contributed by atoms with E-state index in [1.165, 1.54) is 25.3 Å². The Morgan fingerprint density at radius 2 is 2.18 bits per heavy atom. The van der Waals surface area contributed by atoms with Gasteiger partial charge in [0.25, 0.3) is 0 Å². The topological polar surface area (TPSA) is 29.3 Å². The highest BCUT2D eigenvalue weighted by Gasteiger charge is 2.35. The van der Waals surface area contributed by atoms with E-state index in [0.717, 1.165) is 25.2 Å². The maximum Gasteiger partial charge on any atom is 0.125 e. The molecule has 2 rings (SSSR count). The predicted octanol–water partition coefficient (Wildman–Crippen LogP) is 2.78. The van der Waals surface area contributed by atoms with Crippen LogP contribution in [0.25, 0.3) is 0 Å². The Labute approximate surface area is 103 Å². The molecular formula is C14H21FN2. The van der Waals surface area contributed by atoms with E-state index in [1.54, 1.807) is 12.1 Å². The lowest BCUT2D eigenvalue weighted by molar-refractivity contribution is 0.134. The normalized spacial score (nSPS) is 17.6. The highest BCUT2D eigenvalue weighted by molar-refractivity contribution is 5.45. The Kier molecular flexibility index (Phi) is 3.67. The van der Waals surface area contributed by atoms with Crippen molar-refractivity contribution in [3.8, 4) is 0 Å². The molecule has 0 aromatic heterocycles. The number of rotatable bonds is 5. The van der Waals surface area contributed by atoms with Gasteiger partial charge in [0.2, 0.25) is 0 Å². The van der Waals surface area contributed by atoms with Crippen molar-refractivity contribution < 1.29 is 4.39 Å². The molecule has 17 heavy (non-hydrogen) atoms. The van der Waals surface area contributed by atoms with Crippen molar-refractivity contribution in [2.45, 2.75) is 25.7 Å². The van der Waals surface area contributed by atoms with E-state index < -0.39 is 0 Å². The number of hydrogen-bond acceptors (Lipinski definition) is 2. The fourth-order valence-electron chi connectivity index (χ4n) is 2.48. The van der Waals surface area contributed by atoms with Gasteiger partial charge in [0, 0.05) is 19.3 Å². The number of nitrogens with two attached hydrogens (primary N) is 1. The average molecular weight is 236 g/mol. The summed E-state index contributed by atoms with van der Waals surface area (Å²) in [5, 5.41) is 0. The molecule has 0 heterocycles. The quantitative estimate of drug-likeness (QED) is 0.851. The number of halogens is 1. The monoisotopic (exact) mass is 236 g/mol. The van der Waals surface area contributed by atoms with E-state index in [0.29, 0.717) is 5.41 Å². The molecule has 1 aromatic rings.